The van der Waals surface area contributed by atoms with E-state index >= 15 is 0 Å². The van der Waals surface area contributed by atoms with Crippen LogP contribution in [0.15, 0.2) is 30.5 Å². The van der Waals surface area contributed by atoms with E-state index in [1.54, 1.807) is 6.92 Å². The largest absolute Gasteiger partial charge is 0.385 e. The molecule has 22 heavy (non-hydrogen) atoms. The predicted octanol–water partition coefficient (Wildman–Crippen LogP) is 2.56. The number of pyridine rings is 1. The third kappa shape index (κ3) is 2.09. The van der Waals surface area contributed by atoms with Gasteiger partial charge in [-0.25, -0.2) is 4.98 Å². The Morgan fingerprint density at radius 3 is 2.77 bits per heavy atom. The first kappa shape index (κ1) is 13.7. The summed E-state index contributed by atoms with van der Waals surface area (Å²) in [7, 11) is 0. The molecule has 5 heteroatoms. The number of aromatic nitrogens is 3. The van der Waals surface area contributed by atoms with Crippen LogP contribution in [0.25, 0.3) is 21.9 Å². The summed E-state index contributed by atoms with van der Waals surface area (Å²) in [5, 5.41) is 14.7. The highest BCUT2D eigenvalue weighted by Crippen LogP contribution is 2.32. The minimum Gasteiger partial charge on any atom is -0.385 e. The molecule has 0 unspecified atom stereocenters. The first-order valence-electron chi connectivity index (χ1n) is 7.90. The number of hydrogen-bond acceptors (Lipinski definition) is 4. The number of nitrogens with zero attached hydrogens (tertiary/aromatic N) is 3. The first-order valence-corrected chi connectivity index (χ1v) is 7.90. The molecule has 4 rings (SSSR count). The van der Waals surface area contributed by atoms with E-state index in [2.05, 4.69) is 25.9 Å². The zero-order valence-electron chi connectivity index (χ0n) is 12.7. The molecule has 1 aliphatic heterocycles. The normalized spacial score (nSPS) is 18.1. The van der Waals surface area contributed by atoms with Crippen molar-refractivity contribution in [1.29, 1.82) is 0 Å². The van der Waals surface area contributed by atoms with E-state index in [4.69, 9.17) is 0 Å². The van der Waals surface area contributed by atoms with Crippen LogP contribution >= 0.6 is 0 Å². The van der Waals surface area contributed by atoms with Gasteiger partial charge in [0.15, 0.2) is 0 Å². The van der Waals surface area contributed by atoms with Gasteiger partial charge in [-0.1, -0.05) is 18.2 Å². The highest BCUT2D eigenvalue weighted by atomic mass is 16.3. The Labute approximate surface area is 129 Å². The molecule has 3 aromatic rings. The standard InChI is InChI=1S/C17H20N4O/c1-11(22)17-20-15-10-19-14-5-3-2-4-13(14)16(15)21(17)12-6-8-18-9-7-12/h2-5,10-12,18,22H,6-9H2,1H3/t11-/m1/s1. The highest BCUT2D eigenvalue weighted by molar-refractivity contribution is 6.02. The van der Waals surface area contributed by atoms with Crippen molar-refractivity contribution in [2.45, 2.75) is 31.9 Å². The summed E-state index contributed by atoms with van der Waals surface area (Å²) in [6, 6.07) is 8.53. The van der Waals surface area contributed by atoms with Gasteiger partial charge in [0.2, 0.25) is 0 Å². The number of aliphatic hydroxyl groups excluding tert-OH is 1. The number of hydrogen-bond donors (Lipinski definition) is 2. The van der Waals surface area contributed by atoms with E-state index in [9.17, 15) is 5.11 Å². The van der Waals surface area contributed by atoms with Crippen molar-refractivity contribution >= 4 is 21.9 Å². The molecule has 1 atom stereocenters. The zero-order valence-corrected chi connectivity index (χ0v) is 12.7. The fourth-order valence-corrected chi connectivity index (χ4v) is 3.47. The van der Waals surface area contributed by atoms with Gasteiger partial charge in [0.05, 0.1) is 17.2 Å². The predicted molar refractivity (Wildman–Crippen MR) is 86.8 cm³/mol. The summed E-state index contributed by atoms with van der Waals surface area (Å²) < 4.78 is 2.25. The van der Waals surface area contributed by atoms with Crippen LogP contribution in [0.5, 0.6) is 0 Å². The van der Waals surface area contributed by atoms with Crippen LogP contribution in [0, 0.1) is 0 Å². The number of nitrogens with one attached hydrogen (secondary N) is 1. The summed E-state index contributed by atoms with van der Waals surface area (Å²) in [5.41, 5.74) is 2.95. The van der Waals surface area contributed by atoms with Gasteiger partial charge in [-0.3, -0.25) is 4.98 Å². The Hall–Kier alpha value is -1.98. The smallest absolute Gasteiger partial charge is 0.138 e. The molecule has 2 aromatic heterocycles. The van der Waals surface area contributed by atoms with Crippen molar-refractivity contribution in [2.24, 2.45) is 0 Å². The Morgan fingerprint density at radius 1 is 1.23 bits per heavy atom. The molecule has 0 radical (unpaired) electrons. The molecule has 0 amide bonds. The average Bonchev–Trinajstić information content (AvgIpc) is 2.96. The minimum atomic E-state index is -0.582. The third-order valence-electron chi connectivity index (χ3n) is 4.50. The molecule has 0 saturated carbocycles. The van der Waals surface area contributed by atoms with Gasteiger partial charge in [0.1, 0.15) is 17.4 Å². The number of para-hydroxylation sites is 1. The van der Waals surface area contributed by atoms with Gasteiger partial charge in [0.25, 0.3) is 0 Å². The number of benzene rings is 1. The van der Waals surface area contributed by atoms with Gasteiger partial charge in [-0.2, -0.15) is 0 Å². The summed E-state index contributed by atoms with van der Waals surface area (Å²) in [6.07, 6.45) is 3.35. The molecule has 2 N–H and O–H groups in total. The van der Waals surface area contributed by atoms with Crippen LogP contribution in [0.2, 0.25) is 0 Å². The summed E-state index contributed by atoms with van der Waals surface area (Å²) in [4.78, 5) is 9.17. The lowest BCUT2D eigenvalue weighted by molar-refractivity contribution is 0.179. The monoisotopic (exact) mass is 296 g/mol. The zero-order chi connectivity index (χ0) is 15.1. The molecule has 0 aliphatic carbocycles. The SMILES string of the molecule is C[C@@H](O)c1nc2cnc3ccccc3c2n1C1CCNCC1. The molecule has 114 valence electrons. The van der Waals surface area contributed by atoms with E-state index in [-0.39, 0.29) is 0 Å². The van der Waals surface area contributed by atoms with Crippen molar-refractivity contribution in [3.05, 3.63) is 36.3 Å². The Balaban J connectivity index is 2.04. The van der Waals surface area contributed by atoms with Crippen molar-refractivity contribution < 1.29 is 5.11 Å². The number of rotatable bonds is 2. The molecule has 1 saturated heterocycles. The lowest BCUT2D eigenvalue weighted by Crippen LogP contribution is -2.30. The maximum absolute atomic E-state index is 10.2. The van der Waals surface area contributed by atoms with Gasteiger partial charge < -0.3 is 15.0 Å². The Bertz CT molecular complexity index is 818. The quantitative estimate of drug-likeness (QED) is 0.763. The second-order valence-electron chi connectivity index (χ2n) is 6.01. The lowest BCUT2D eigenvalue weighted by atomic mass is 10.1. The fraction of sp³-hybridized carbons (Fsp3) is 0.412. The maximum Gasteiger partial charge on any atom is 0.138 e. The molecular formula is C17H20N4O. The summed E-state index contributed by atoms with van der Waals surface area (Å²) >= 11 is 0. The van der Waals surface area contributed by atoms with E-state index in [0.29, 0.717) is 6.04 Å². The maximum atomic E-state index is 10.2. The van der Waals surface area contributed by atoms with Crippen molar-refractivity contribution in [1.82, 2.24) is 19.9 Å². The molecule has 1 aromatic carbocycles. The van der Waals surface area contributed by atoms with Gasteiger partial charge in [-0.05, 0) is 38.9 Å². The van der Waals surface area contributed by atoms with E-state index in [0.717, 1.165) is 53.7 Å². The molecule has 0 bridgehead atoms. The first-order chi connectivity index (χ1) is 10.8. The fourth-order valence-electron chi connectivity index (χ4n) is 3.47. The molecule has 0 spiro atoms. The molecular weight excluding hydrogens is 276 g/mol. The Kier molecular flexibility index (Phi) is 3.32. The number of aliphatic hydroxyl groups is 1. The number of piperidine rings is 1. The van der Waals surface area contributed by atoms with E-state index < -0.39 is 6.10 Å². The molecule has 1 fully saturated rings. The number of imidazole rings is 1. The van der Waals surface area contributed by atoms with Crippen molar-refractivity contribution in [3.8, 4) is 0 Å². The van der Waals surface area contributed by atoms with Gasteiger partial charge >= 0.3 is 0 Å². The lowest BCUT2D eigenvalue weighted by Gasteiger charge is -2.27. The van der Waals surface area contributed by atoms with Gasteiger partial charge in [-0.15, -0.1) is 0 Å². The van der Waals surface area contributed by atoms with Crippen LogP contribution in [0.4, 0.5) is 0 Å². The minimum absolute atomic E-state index is 0.377. The van der Waals surface area contributed by atoms with Crippen molar-refractivity contribution in [3.63, 3.8) is 0 Å². The molecule has 1 aliphatic rings. The van der Waals surface area contributed by atoms with E-state index in [1.165, 1.54) is 0 Å². The number of fused-ring (bicyclic) bond motifs is 3. The van der Waals surface area contributed by atoms with Gasteiger partial charge in [0, 0.05) is 11.4 Å². The van der Waals surface area contributed by atoms with Crippen molar-refractivity contribution in [2.75, 3.05) is 13.1 Å². The third-order valence-corrected chi connectivity index (χ3v) is 4.50. The topological polar surface area (TPSA) is 63.0 Å². The van der Waals surface area contributed by atoms with Crippen LogP contribution in [0.1, 0.15) is 37.7 Å². The highest BCUT2D eigenvalue weighted by Gasteiger charge is 2.24. The van der Waals surface area contributed by atoms with E-state index in [1.807, 2.05) is 24.4 Å². The van der Waals surface area contributed by atoms with Crippen LogP contribution in [0.3, 0.4) is 0 Å². The Morgan fingerprint density at radius 2 is 2.00 bits per heavy atom. The summed E-state index contributed by atoms with van der Waals surface area (Å²) in [5.74, 6) is 0.750. The second-order valence-corrected chi connectivity index (χ2v) is 6.01. The van der Waals surface area contributed by atoms with Crippen LogP contribution in [-0.4, -0.2) is 32.7 Å². The average molecular weight is 296 g/mol. The molecule has 3 heterocycles. The molecule has 5 nitrogen and oxygen atoms in total. The summed E-state index contributed by atoms with van der Waals surface area (Å²) in [6.45, 7) is 3.80. The van der Waals surface area contributed by atoms with Crippen LogP contribution in [-0.2, 0) is 0 Å². The second kappa shape index (κ2) is 5.34. The van der Waals surface area contributed by atoms with Crippen LogP contribution < -0.4 is 5.32 Å².